The third-order valence-corrected chi connectivity index (χ3v) is 6.24. The number of rotatable bonds is 5. The van der Waals surface area contributed by atoms with Crippen molar-refractivity contribution in [3.63, 3.8) is 0 Å². The van der Waals surface area contributed by atoms with Crippen LogP contribution in [0, 0.1) is 0 Å². The molecule has 3 aromatic heterocycles. The number of fused-ring (bicyclic) bond motifs is 1. The Morgan fingerprint density at radius 1 is 1.13 bits per heavy atom. The first kappa shape index (κ1) is 19.1. The molecule has 0 fully saturated rings. The zero-order valence-corrected chi connectivity index (χ0v) is 18.2. The maximum Gasteiger partial charge on any atom is 0.217 e. The van der Waals surface area contributed by atoms with Crippen LogP contribution in [-0.2, 0) is 11.2 Å². The van der Waals surface area contributed by atoms with Gasteiger partial charge in [-0.05, 0) is 30.7 Å². The minimum absolute atomic E-state index is 0.636. The van der Waals surface area contributed by atoms with E-state index < -0.39 is 0 Å². The number of nitrogens with zero attached hydrogens (tertiary/aromatic N) is 5. The summed E-state index contributed by atoms with van der Waals surface area (Å²) in [6.07, 6.45) is 2.87. The molecule has 0 N–H and O–H groups in total. The highest BCUT2D eigenvalue weighted by molar-refractivity contribution is 7.14. The Bertz CT molecular complexity index is 1240. The topological polar surface area (TPSA) is 55.0 Å². The van der Waals surface area contributed by atoms with E-state index in [2.05, 4.69) is 26.6 Å². The average molecular weight is 438 g/mol. The minimum atomic E-state index is 0.636. The van der Waals surface area contributed by atoms with Gasteiger partial charge in [-0.2, -0.15) is 0 Å². The molecule has 0 amide bonds. The van der Waals surface area contributed by atoms with Crippen molar-refractivity contribution in [2.75, 3.05) is 25.1 Å². The van der Waals surface area contributed by atoms with Crippen LogP contribution in [0.2, 0.25) is 5.02 Å². The molecule has 0 atom stereocenters. The number of anilines is 2. The number of thiazole rings is 1. The largest absolute Gasteiger partial charge is 0.475 e. The van der Waals surface area contributed by atoms with Gasteiger partial charge in [0.1, 0.15) is 18.1 Å². The van der Waals surface area contributed by atoms with Gasteiger partial charge in [0.2, 0.25) is 5.90 Å². The quantitative estimate of drug-likeness (QED) is 0.429. The molecule has 4 heterocycles. The number of aliphatic imine (C=N–C) groups is 1. The van der Waals surface area contributed by atoms with Gasteiger partial charge in [-0.15, -0.1) is 11.3 Å². The summed E-state index contributed by atoms with van der Waals surface area (Å²) in [5, 5.41) is 3.68. The number of benzene rings is 1. The Balaban J connectivity index is 1.56. The number of aryl methyl sites for hydroxylation is 1. The highest BCUT2D eigenvalue weighted by atomic mass is 35.5. The van der Waals surface area contributed by atoms with E-state index >= 15 is 0 Å². The van der Waals surface area contributed by atoms with Crippen molar-refractivity contribution < 1.29 is 4.74 Å². The molecule has 0 aliphatic carbocycles. The average Bonchev–Trinajstić information content (AvgIpc) is 3.52. The maximum atomic E-state index is 6.02. The Labute approximate surface area is 183 Å². The standard InChI is InChI=1S/C22H20ClN5OS/c1-3-17-21(28-12-15(6-9-19(28)25-17)20-24-10-11-29-20)27(2)22-26-18(13-30-22)14-4-7-16(23)8-5-14/h4-9,12-13H,3,10-11H2,1-2H3. The molecular weight excluding hydrogens is 418 g/mol. The molecule has 0 saturated carbocycles. The van der Waals surface area contributed by atoms with Crippen LogP contribution in [0.5, 0.6) is 0 Å². The van der Waals surface area contributed by atoms with Gasteiger partial charge in [0.15, 0.2) is 5.13 Å². The SMILES string of the molecule is CCc1nc2ccc(C3=NCCO3)cn2c1N(C)c1nc(-c2ccc(Cl)cc2)cs1. The Morgan fingerprint density at radius 3 is 2.67 bits per heavy atom. The summed E-state index contributed by atoms with van der Waals surface area (Å²) >= 11 is 7.62. The molecule has 30 heavy (non-hydrogen) atoms. The van der Waals surface area contributed by atoms with Crippen LogP contribution in [0.4, 0.5) is 10.9 Å². The first-order chi connectivity index (χ1) is 14.6. The summed E-state index contributed by atoms with van der Waals surface area (Å²) < 4.78 is 7.75. The lowest BCUT2D eigenvalue weighted by Gasteiger charge is -2.17. The second-order valence-electron chi connectivity index (χ2n) is 7.00. The van der Waals surface area contributed by atoms with Crippen LogP contribution in [-0.4, -0.2) is 40.5 Å². The number of hydrogen-bond donors (Lipinski definition) is 0. The summed E-state index contributed by atoms with van der Waals surface area (Å²) in [7, 11) is 2.03. The maximum absolute atomic E-state index is 6.02. The van der Waals surface area contributed by atoms with Crippen LogP contribution < -0.4 is 4.90 Å². The summed E-state index contributed by atoms with van der Waals surface area (Å²) in [4.78, 5) is 16.2. The van der Waals surface area contributed by atoms with E-state index in [-0.39, 0.29) is 0 Å². The van der Waals surface area contributed by atoms with Crippen molar-refractivity contribution in [3.8, 4) is 11.3 Å². The number of aromatic nitrogens is 3. The van der Waals surface area contributed by atoms with Crippen molar-refractivity contribution in [2.45, 2.75) is 13.3 Å². The second-order valence-corrected chi connectivity index (χ2v) is 8.27. The van der Waals surface area contributed by atoms with E-state index in [0.29, 0.717) is 19.0 Å². The zero-order chi connectivity index (χ0) is 20.7. The molecule has 5 rings (SSSR count). The van der Waals surface area contributed by atoms with Crippen LogP contribution >= 0.6 is 22.9 Å². The molecule has 1 aromatic carbocycles. The van der Waals surface area contributed by atoms with Crippen molar-refractivity contribution in [3.05, 3.63) is 64.3 Å². The predicted molar refractivity (Wildman–Crippen MR) is 123 cm³/mol. The molecule has 0 radical (unpaired) electrons. The Hall–Kier alpha value is -2.90. The fourth-order valence-corrected chi connectivity index (χ4v) is 4.50. The third-order valence-electron chi connectivity index (χ3n) is 5.07. The van der Waals surface area contributed by atoms with Crippen LogP contribution in [0.1, 0.15) is 18.2 Å². The van der Waals surface area contributed by atoms with E-state index in [4.69, 9.17) is 26.3 Å². The lowest BCUT2D eigenvalue weighted by Crippen LogP contribution is -2.14. The number of imidazole rings is 1. The van der Waals surface area contributed by atoms with E-state index in [1.54, 1.807) is 11.3 Å². The van der Waals surface area contributed by atoms with Crippen LogP contribution in [0.15, 0.2) is 53.0 Å². The lowest BCUT2D eigenvalue weighted by molar-refractivity contribution is 0.348. The molecule has 152 valence electrons. The monoisotopic (exact) mass is 437 g/mol. The molecule has 0 unspecified atom stereocenters. The summed E-state index contributed by atoms with van der Waals surface area (Å²) in [5.41, 5.74) is 4.84. The van der Waals surface area contributed by atoms with Crippen molar-refractivity contribution in [1.82, 2.24) is 14.4 Å². The predicted octanol–water partition coefficient (Wildman–Crippen LogP) is 5.22. The van der Waals surface area contributed by atoms with Crippen molar-refractivity contribution in [2.24, 2.45) is 4.99 Å². The third kappa shape index (κ3) is 3.34. The number of hydrogen-bond acceptors (Lipinski definition) is 6. The van der Waals surface area contributed by atoms with Crippen molar-refractivity contribution >= 4 is 45.4 Å². The van der Waals surface area contributed by atoms with Gasteiger partial charge in [0.25, 0.3) is 0 Å². The summed E-state index contributed by atoms with van der Waals surface area (Å²) in [6.45, 7) is 3.46. The number of halogens is 1. The minimum Gasteiger partial charge on any atom is -0.475 e. The smallest absolute Gasteiger partial charge is 0.217 e. The Morgan fingerprint density at radius 2 is 1.93 bits per heavy atom. The molecule has 0 bridgehead atoms. The molecule has 0 spiro atoms. The summed E-state index contributed by atoms with van der Waals surface area (Å²) in [5.74, 6) is 1.70. The molecule has 1 aliphatic heterocycles. The lowest BCUT2D eigenvalue weighted by atomic mass is 10.2. The van der Waals surface area contributed by atoms with Gasteiger partial charge in [-0.1, -0.05) is 30.7 Å². The van der Waals surface area contributed by atoms with Crippen LogP contribution in [0.25, 0.3) is 16.9 Å². The molecule has 4 aromatic rings. The zero-order valence-electron chi connectivity index (χ0n) is 16.7. The second kappa shape index (κ2) is 7.74. The van der Waals surface area contributed by atoms with Gasteiger partial charge < -0.3 is 9.64 Å². The van der Waals surface area contributed by atoms with E-state index in [0.717, 1.165) is 50.6 Å². The number of ether oxygens (including phenoxy) is 1. The van der Waals surface area contributed by atoms with Crippen LogP contribution in [0.3, 0.4) is 0 Å². The van der Waals surface area contributed by atoms with Gasteiger partial charge in [-0.3, -0.25) is 4.40 Å². The highest BCUT2D eigenvalue weighted by Crippen LogP contribution is 2.34. The normalized spacial score (nSPS) is 13.5. The fourth-order valence-electron chi connectivity index (χ4n) is 3.57. The summed E-state index contributed by atoms with van der Waals surface area (Å²) in [6, 6.07) is 11.8. The van der Waals surface area contributed by atoms with Gasteiger partial charge in [0, 0.05) is 29.2 Å². The number of pyridine rings is 1. The molecule has 6 nitrogen and oxygen atoms in total. The van der Waals surface area contributed by atoms with E-state index in [1.807, 2.05) is 49.6 Å². The molecule has 0 saturated heterocycles. The first-order valence-electron chi connectivity index (χ1n) is 9.78. The van der Waals surface area contributed by atoms with Gasteiger partial charge in [-0.25, -0.2) is 15.0 Å². The molecule has 8 heteroatoms. The fraction of sp³-hybridized carbons (Fsp3) is 0.227. The first-order valence-corrected chi connectivity index (χ1v) is 11.0. The van der Waals surface area contributed by atoms with Gasteiger partial charge >= 0.3 is 0 Å². The van der Waals surface area contributed by atoms with Crippen molar-refractivity contribution in [1.29, 1.82) is 0 Å². The molecule has 1 aliphatic rings. The Kier molecular flexibility index (Phi) is 4.92. The molecular formula is C22H20ClN5OS. The highest BCUT2D eigenvalue weighted by Gasteiger charge is 2.20. The van der Waals surface area contributed by atoms with E-state index in [1.165, 1.54) is 0 Å². The van der Waals surface area contributed by atoms with Gasteiger partial charge in [0.05, 0.1) is 23.5 Å². The van der Waals surface area contributed by atoms with E-state index in [9.17, 15) is 0 Å².